The number of carbonyl (C=O) groups is 2. The Balaban J connectivity index is 1.50. The van der Waals surface area contributed by atoms with Gasteiger partial charge in [0.05, 0.1) is 6.26 Å². The first-order valence-corrected chi connectivity index (χ1v) is 8.28. The summed E-state index contributed by atoms with van der Waals surface area (Å²) in [6, 6.07) is 7.86. The molecule has 1 aliphatic carbocycles. The van der Waals surface area contributed by atoms with Crippen molar-refractivity contribution in [1.29, 1.82) is 0 Å². The van der Waals surface area contributed by atoms with E-state index >= 15 is 0 Å². The fourth-order valence-corrected chi connectivity index (χ4v) is 3.19. The quantitative estimate of drug-likeness (QED) is 0.769. The van der Waals surface area contributed by atoms with E-state index < -0.39 is 5.54 Å². The number of hydrogen-bond acceptors (Lipinski definition) is 3. The number of benzene rings is 1. The van der Waals surface area contributed by atoms with E-state index in [1.54, 1.807) is 6.26 Å². The molecule has 1 aliphatic rings. The van der Waals surface area contributed by atoms with E-state index in [1.807, 2.05) is 24.3 Å². The molecule has 2 N–H and O–H groups in total. The van der Waals surface area contributed by atoms with Gasteiger partial charge in [-0.3, -0.25) is 9.59 Å². The fraction of sp³-hybridized carbons (Fsp3) is 0.368. The summed E-state index contributed by atoms with van der Waals surface area (Å²) in [5.41, 5.74) is 1.56. The molecule has 2 aromatic rings. The van der Waals surface area contributed by atoms with E-state index in [4.69, 9.17) is 4.42 Å². The molecule has 0 unspecified atom stereocenters. The molecule has 0 saturated heterocycles. The number of amides is 2. The van der Waals surface area contributed by atoms with Crippen LogP contribution in [0.25, 0.3) is 11.0 Å². The van der Waals surface area contributed by atoms with E-state index in [1.165, 1.54) is 6.08 Å². The summed E-state index contributed by atoms with van der Waals surface area (Å²) in [6.07, 6.45) is 6.74. The van der Waals surface area contributed by atoms with Gasteiger partial charge in [-0.05, 0) is 43.4 Å². The molecular weight excluding hydrogens is 304 g/mol. The lowest BCUT2D eigenvalue weighted by Gasteiger charge is -2.41. The minimum Gasteiger partial charge on any atom is -0.464 e. The largest absolute Gasteiger partial charge is 0.464 e. The monoisotopic (exact) mass is 326 g/mol. The summed E-state index contributed by atoms with van der Waals surface area (Å²) < 4.78 is 5.50. The Hall–Kier alpha value is -2.56. The molecule has 5 nitrogen and oxygen atoms in total. The van der Waals surface area contributed by atoms with Crippen molar-refractivity contribution in [2.24, 2.45) is 0 Å². The number of rotatable bonds is 7. The molecular formula is C19H22N2O3. The third-order valence-corrected chi connectivity index (χ3v) is 4.66. The predicted octanol–water partition coefficient (Wildman–Crippen LogP) is 2.71. The normalized spacial score (nSPS) is 15.5. The van der Waals surface area contributed by atoms with Crippen LogP contribution in [0.5, 0.6) is 0 Å². The zero-order chi connectivity index (χ0) is 17.0. The highest BCUT2D eigenvalue weighted by Crippen LogP contribution is 2.34. The highest BCUT2D eigenvalue weighted by atomic mass is 16.3. The first kappa shape index (κ1) is 16.3. The standard InChI is InChI=1S/C19H22N2O3/c1-2-17(22)21-19(9-5-10-19)12-18(23)20-11-8-14-13-24-16-7-4-3-6-15(14)16/h2-4,6-7,13H,1,5,8-12H2,(H,20,23)(H,21,22). The van der Waals surface area contributed by atoms with Gasteiger partial charge in [0.2, 0.25) is 11.8 Å². The van der Waals surface area contributed by atoms with Crippen LogP contribution in [0.15, 0.2) is 47.6 Å². The molecule has 1 heterocycles. The van der Waals surface area contributed by atoms with Gasteiger partial charge < -0.3 is 15.1 Å². The number of fused-ring (bicyclic) bond motifs is 1. The summed E-state index contributed by atoms with van der Waals surface area (Å²) in [5, 5.41) is 6.93. The van der Waals surface area contributed by atoms with Gasteiger partial charge in [-0.15, -0.1) is 0 Å². The Morgan fingerprint density at radius 2 is 2.08 bits per heavy atom. The smallest absolute Gasteiger partial charge is 0.243 e. The Morgan fingerprint density at radius 1 is 1.29 bits per heavy atom. The summed E-state index contributed by atoms with van der Waals surface area (Å²) in [4.78, 5) is 23.7. The highest BCUT2D eigenvalue weighted by molar-refractivity contribution is 5.88. The Labute approximate surface area is 141 Å². The average molecular weight is 326 g/mol. The maximum absolute atomic E-state index is 12.2. The molecule has 0 aliphatic heterocycles. The molecule has 3 rings (SSSR count). The highest BCUT2D eigenvalue weighted by Gasteiger charge is 2.39. The van der Waals surface area contributed by atoms with Crippen molar-refractivity contribution in [3.8, 4) is 0 Å². The number of nitrogens with one attached hydrogen (secondary N) is 2. The van der Waals surface area contributed by atoms with Crippen LogP contribution in [0.4, 0.5) is 0 Å². The Morgan fingerprint density at radius 3 is 2.79 bits per heavy atom. The van der Waals surface area contributed by atoms with E-state index in [0.29, 0.717) is 13.0 Å². The average Bonchev–Trinajstić information content (AvgIpc) is 2.96. The SMILES string of the molecule is C=CC(=O)NC1(CC(=O)NCCc2coc3ccccc23)CCC1. The lowest BCUT2D eigenvalue weighted by Crippen LogP contribution is -2.55. The van der Waals surface area contributed by atoms with Crippen LogP contribution in [-0.4, -0.2) is 23.9 Å². The summed E-state index contributed by atoms with van der Waals surface area (Å²) in [5.74, 6) is -0.251. The molecule has 24 heavy (non-hydrogen) atoms. The Bertz CT molecular complexity index is 759. The molecule has 0 radical (unpaired) electrons. The van der Waals surface area contributed by atoms with Crippen molar-refractivity contribution >= 4 is 22.8 Å². The number of hydrogen-bond donors (Lipinski definition) is 2. The van der Waals surface area contributed by atoms with Gasteiger partial charge in [0.15, 0.2) is 0 Å². The van der Waals surface area contributed by atoms with Gasteiger partial charge in [0, 0.05) is 23.9 Å². The van der Waals surface area contributed by atoms with Crippen molar-refractivity contribution in [3.63, 3.8) is 0 Å². The molecule has 2 amide bonds. The van der Waals surface area contributed by atoms with Crippen molar-refractivity contribution in [2.45, 2.75) is 37.6 Å². The molecule has 126 valence electrons. The van der Waals surface area contributed by atoms with Gasteiger partial charge in [0.25, 0.3) is 0 Å². The van der Waals surface area contributed by atoms with Gasteiger partial charge in [-0.2, -0.15) is 0 Å². The maximum Gasteiger partial charge on any atom is 0.243 e. The second-order valence-corrected chi connectivity index (χ2v) is 6.36. The molecule has 0 atom stereocenters. The van der Waals surface area contributed by atoms with Crippen LogP contribution in [0.2, 0.25) is 0 Å². The van der Waals surface area contributed by atoms with Crippen molar-refractivity contribution in [1.82, 2.24) is 10.6 Å². The maximum atomic E-state index is 12.2. The van der Waals surface area contributed by atoms with Crippen LogP contribution in [-0.2, 0) is 16.0 Å². The van der Waals surface area contributed by atoms with Crippen molar-refractivity contribution < 1.29 is 14.0 Å². The molecule has 1 aromatic heterocycles. The van der Waals surface area contributed by atoms with Crippen LogP contribution in [0.1, 0.15) is 31.2 Å². The molecule has 0 bridgehead atoms. The van der Waals surface area contributed by atoms with E-state index in [2.05, 4.69) is 17.2 Å². The molecule has 1 aromatic carbocycles. The van der Waals surface area contributed by atoms with Crippen LogP contribution in [0.3, 0.4) is 0 Å². The second kappa shape index (κ2) is 6.91. The fourth-order valence-electron chi connectivity index (χ4n) is 3.19. The minimum atomic E-state index is -0.391. The van der Waals surface area contributed by atoms with Crippen LogP contribution in [0, 0.1) is 0 Å². The second-order valence-electron chi connectivity index (χ2n) is 6.36. The number of furan rings is 1. The molecule has 1 saturated carbocycles. The molecule has 1 fully saturated rings. The summed E-state index contributed by atoms with van der Waals surface area (Å²) in [7, 11) is 0. The van der Waals surface area contributed by atoms with E-state index in [9.17, 15) is 9.59 Å². The minimum absolute atomic E-state index is 0.0353. The number of para-hydroxylation sites is 1. The van der Waals surface area contributed by atoms with Crippen LogP contribution >= 0.6 is 0 Å². The lowest BCUT2D eigenvalue weighted by atomic mass is 9.74. The third kappa shape index (κ3) is 3.50. The molecule has 0 spiro atoms. The first-order valence-electron chi connectivity index (χ1n) is 8.28. The van der Waals surface area contributed by atoms with Crippen molar-refractivity contribution in [2.75, 3.05) is 6.54 Å². The van der Waals surface area contributed by atoms with E-state index in [0.717, 1.165) is 42.2 Å². The van der Waals surface area contributed by atoms with Gasteiger partial charge in [-0.1, -0.05) is 24.8 Å². The third-order valence-electron chi connectivity index (χ3n) is 4.66. The zero-order valence-corrected chi connectivity index (χ0v) is 13.6. The number of carbonyl (C=O) groups excluding carboxylic acids is 2. The van der Waals surface area contributed by atoms with E-state index in [-0.39, 0.29) is 11.8 Å². The first-order chi connectivity index (χ1) is 11.6. The topological polar surface area (TPSA) is 71.3 Å². The van der Waals surface area contributed by atoms with Crippen LogP contribution < -0.4 is 10.6 Å². The van der Waals surface area contributed by atoms with Crippen molar-refractivity contribution in [3.05, 3.63) is 48.7 Å². The van der Waals surface area contributed by atoms with Gasteiger partial charge in [0.1, 0.15) is 5.58 Å². The summed E-state index contributed by atoms with van der Waals surface area (Å²) >= 11 is 0. The zero-order valence-electron chi connectivity index (χ0n) is 13.6. The van der Waals surface area contributed by atoms with Gasteiger partial charge >= 0.3 is 0 Å². The Kier molecular flexibility index (Phi) is 4.69. The molecule has 5 heteroatoms. The van der Waals surface area contributed by atoms with Gasteiger partial charge in [-0.25, -0.2) is 0 Å². The summed E-state index contributed by atoms with van der Waals surface area (Å²) in [6.45, 7) is 4.01. The predicted molar refractivity (Wildman–Crippen MR) is 92.5 cm³/mol. The lowest BCUT2D eigenvalue weighted by molar-refractivity contribution is -0.125.